The van der Waals surface area contributed by atoms with E-state index in [0.717, 1.165) is 24.3 Å². The van der Waals surface area contributed by atoms with Crippen LogP contribution in [0.2, 0.25) is 0 Å². The van der Waals surface area contributed by atoms with Gasteiger partial charge in [0.1, 0.15) is 17.3 Å². The highest BCUT2D eigenvalue weighted by Gasteiger charge is 2.29. The maximum Gasteiger partial charge on any atom is 0.416 e. The smallest absolute Gasteiger partial charge is 0.385 e. The average Bonchev–Trinajstić information content (AvgIpc) is 2.51. The highest BCUT2D eigenvalue weighted by molar-refractivity contribution is 5.91. The number of halogens is 5. The van der Waals surface area contributed by atoms with Crippen molar-refractivity contribution in [1.82, 2.24) is 0 Å². The van der Waals surface area contributed by atoms with Crippen molar-refractivity contribution in [1.29, 1.82) is 0 Å². The Balaban J connectivity index is 1.85. The zero-order valence-corrected chi connectivity index (χ0v) is 12.3. The number of benzene rings is 2. The Bertz CT molecular complexity index is 693. The molecule has 2 aromatic rings. The normalized spacial score (nSPS) is 11.2. The van der Waals surface area contributed by atoms with Crippen LogP contribution < -0.4 is 10.6 Å². The number of anilines is 2. The highest BCUT2D eigenvalue weighted by Crippen LogP contribution is 2.29. The third kappa shape index (κ3) is 4.68. The van der Waals surface area contributed by atoms with Crippen molar-refractivity contribution in [3.63, 3.8) is 0 Å². The van der Waals surface area contributed by atoms with Crippen molar-refractivity contribution in [2.45, 2.75) is 12.6 Å². The summed E-state index contributed by atoms with van der Waals surface area (Å²) in [6, 6.07) is 7.49. The van der Waals surface area contributed by atoms with Crippen LogP contribution in [0.15, 0.2) is 42.5 Å². The fraction of sp³-hybridized carbons (Fsp3) is 0.188. The van der Waals surface area contributed by atoms with E-state index in [0.29, 0.717) is 5.69 Å². The molecule has 0 atom stereocenters. The molecule has 2 aromatic carbocycles. The molecule has 0 bridgehead atoms. The molecule has 8 heteroatoms. The molecule has 0 aliphatic heterocycles. The first-order valence-corrected chi connectivity index (χ1v) is 6.92. The van der Waals surface area contributed by atoms with Crippen molar-refractivity contribution < 1.29 is 26.7 Å². The summed E-state index contributed by atoms with van der Waals surface area (Å²) in [6.45, 7) is 0.0905. The van der Waals surface area contributed by atoms with E-state index in [1.165, 1.54) is 18.2 Å². The number of nitrogens with one attached hydrogen (secondary N) is 2. The predicted molar refractivity (Wildman–Crippen MR) is 79.5 cm³/mol. The zero-order valence-electron chi connectivity index (χ0n) is 12.3. The summed E-state index contributed by atoms with van der Waals surface area (Å²) in [6.07, 6.45) is -4.53. The lowest BCUT2D eigenvalue weighted by Crippen LogP contribution is -2.17. The fourth-order valence-electron chi connectivity index (χ4n) is 1.92. The van der Waals surface area contributed by atoms with Gasteiger partial charge in [0.2, 0.25) is 5.91 Å². The third-order valence-corrected chi connectivity index (χ3v) is 3.12. The Morgan fingerprint density at radius 3 is 2.08 bits per heavy atom. The van der Waals surface area contributed by atoms with E-state index in [2.05, 4.69) is 10.6 Å². The first-order valence-electron chi connectivity index (χ1n) is 6.92. The number of hydrogen-bond acceptors (Lipinski definition) is 2. The Labute approximate surface area is 134 Å². The van der Waals surface area contributed by atoms with Gasteiger partial charge in [-0.2, -0.15) is 13.2 Å². The van der Waals surface area contributed by atoms with Crippen LogP contribution >= 0.6 is 0 Å². The molecule has 0 saturated carbocycles. The number of rotatable bonds is 5. The monoisotopic (exact) mass is 344 g/mol. The molecule has 3 nitrogen and oxygen atoms in total. The molecule has 128 valence electrons. The van der Waals surface area contributed by atoms with Gasteiger partial charge in [-0.25, -0.2) is 8.78 Å². The Morgan fingerprint density at radius 1 is 0.958 bits per heavy atom. The second kappa shape index (κ2) is 7.29. The molecule has 0 radical (unpaired) electrons. The molecule has 0 aliphatic carbocycles. The van der Waals surface area contributed by atoms with Gasteiger partial charge in [-0.05, 0) is 36.4 Å². The first kappa shape index (κ1) is 17.7. The van der Waals surface area contributed by atoms with Crippen LogP contribution in [-0.2, 0) is 11.0 Å². The molecular weight excluding hydrogens is 331 g/mol. The Morgan fingerprint density at radius 2 is 1.54 bits per heavy atom. The van der Waals surface area contributed by atoms with Gasteiger partial charge >= 0.3 is 6.18 Å². The molecule has 0 aliphatic rings. The minimum absolute atomic E-state index is 0.0905. The Kier molecular flexibility index (Phi) is 5.38. The summed E-state index contributed by atoms with van der Waals surface area (Å²) in [5.41, 5.74) is -0.911. The molecule has 0 fully saturated rings. The van der Waals surface area contributed by atoms with Gasteiger partial charge < -0.3 is 10.6 Å². The molecular formula is C16H13F5N2O. The topological polar surface area (TPSA) is 41.1 Å². The minimum atomic E-state index is -4.41. The highest BCUT2D eigenvalue weighted by atomic mass is 19.4. The third-order valence-electron chi connectivity index (χ3n) is 3.12. The van der Waals surface area contributed by atoms with Crippen molar-refractivity contribution in [2.75, 3.05) is 17.2 Å². The number of alkyl halides is 3. The summed E-state index contributed by atoms with van der Waals surface area (Å²) < 4.78 is 64.0. The van der Waals surface area contributed by atoms with Crippen molar-refractivity contribution in [3.8, 4) is 0 Å². The number of hydrogen-bond donors (Lipinski definition) is 2. The van der Waals surface area contributed by atoms with Gasteiger partial charge in [0, 0.05) is 18.7 Å². The number of carbonyl (C=O) groups excluding carboxylic acids is 1. The van der Waals surface area contributed by atoms with E-state index < -0.39 is 35.0 Å². The SMILES string of the molecule is O=C(CCNc1ccc(C(F)(F)F)cc1)Nc1c(F)cccc1F. The van der Waals surface area contributed by atoms with Gasteiger partial charge in [0.25, 0.3) is 0 Å². The van der Waals surface area contributed by atoms with E-state index >= 15 is 0 Å². The van der Waals surface area contributed by atoms with Gasteiger partial charge in [-0.3, -0.25) is 4.79 Å². The van der Waals surface area contributed by atoms with Crippen molar-refractivity contribution >= 4 is 17.3 Å². The Hall–Kier alpha value is -2.64. The average molecular weight is 344 g/mol. The molecule has 0 aromatic heterocycles. The summed E-state index contributed by atoms with van der Waals surface area (Å²) in [4.78, 5) is 11.7. The maximum absolute atomic E-state index is 13.4. The molecule has 0 saturated heterocycles. The van der Waals surface area contributed by atoms with Gasteiger partial charge in [-0.15, -0.1) is 0 Å². The van der Waals surface area contributed by atoms with E-state index in [4.69, 9.17) is 0 Å². The van der Waals surface area contributed by atoms with Crippen LogP contribution in [0.1, 0.15) is 12.0 Å². The van der Waals surface area contributed by atoms with Crippen LogP contribution in [0.5, 0.6) is 0 Å². The summed E-state index contributed by atoms with van der Waals surface area (Å²) in [5, 5.41) is 4.87. The van der Waals surface area contributed by atoms with Crippen LogP contribution in [0.4, 0.5) is 33.3 Å². The van der Waals surface area contributed by atoms with E-state index in [-0.39, 0.29) is 13.0 Å². The second-order valence-corrected chi connectivity index (χ2v) is 4.90. The molecule has 2 rings (SSSR count). The minimum Gasteiger partial charge on any atom is -0.385 e. The predicted octanol–water partition coefficient (Wildman–Crippen LogP) is 4.42. The fourth-order valence-corrected chi connectivity index (χ4v) is 1.92. The van der Waals surface area contributed by atoms with Gasteiger partial charge in [-0.1, -0.05) is 6.07 Å². The lowest BCUT2D eigenvalue weighted by molar-refractivity contribution is -0.137. The van der Waals surface area contributed by atoms with Crippen LogP contribution in [0.25, 0.3) is 0 Å². The molecule has 0 unspecified atom stereocenters. The van der Waals surface area contributed by atoms with Crippen molar-refractivity contribution in [3.05, 3.63) is 59.7 Å². The molecule has 1 amide bonds. The number of carbonyl (C=O) groups is 1. The largest absolute Gasteiger partial charge is 0.416 e. The lowest BCUT2D eigenvalue weighted by Gasteiger charge is -2.10. The standard InChI is InChI=1S/C16H13F5N2O/c17-12-2-1-3-13(18)15(12)23-14(24)8-9-22-11-6-4-10(5-7-11)16(19,20)21/h1-7,22H,8-9H2,(H,23,24). The summed E-state index contributed by atoms with van der Waals surface area (Å²) in [7, 11) is 0. The molecule has 0 heterocycles. The van der Waals surface area contributed by atoms with Crippen LogP contribution in [-0.4, -0.2) is 12.5 Å². The molecule has 24 heavy (non-hydrogen) atoms. The summed E-state index contributed by atoms with van der Waals surface area (Å²) in [5.74, 6) is -2.41. The van der Waals surface area contributed by atoms with E-state index in [9.17, 15) is 26.7 Å². The quantitative estimate of drug-likeness (QED) is 0.788. The van der Waals surface area contributed by atoms with Crippen LogP contribution in [0, 0.1) is 11.6 Å². The van der Waals surface area contributed by atoms with E-state index in [1.54, 1.807) is 0 Å². The van der Waals surface area contributed by atoms with Gasteiger partial charge in [0.05, 0.1) is 5.56 Å². The molecule has 0 spiro atoms. The van der Waals surface area contributed by atoms with E-state index in [1.807, 2.05) is 0 Å². The zero-order chi connectivity index (χ0) is 17.7. The lowest BCUT2D eigenvalue weighted by atomic mass is 10.2. The summed E-state index contributed by atoms with van der Waals surface area (Å²) >= 11 is 0. The maximum atomic E-state index is 13.4. The number of amides is 1. The van der Waals surface area contributed by atoms with Crippen molar-refractivity contribution in [2.24, 2.45) is 0 Å². The first-order chi connectivity index (χ1) is 11.3. The number of para-hydroxylation sites is 1. The molecule has 2 N–H and O–H groups in total. The van der Waals surface area contributed by atoms with Crippen LogP contribution in [0.3, 0.4) is 0 Å². The second-order valence-electron chi connectivity index (χ2n) is 4.90. The van der Waals surface area contributed by atoms with Gasteiger partial charge in [0.15, 0.2) is 0 Å².